The number of benzene rings is 2. The summed E-state index contributed by atoms with van der Waals surface area (Å²) in [5, 5.41) is 12.9. The van der Waals surface area contributed by atoms with E-state index in [4.69, 9.17) is 5.73 Å². The molecule has 0 atom stereocenters. The Labute approximate surface area is 190 Å². The van der Waals surface area contributed by atoms with Gasteiger partial charge < -0.3 is 16.2 Å². The number of aliphatic hydroxyl groups is 1. The van der Waals surface area contributed by atoms with Gasteiger partial charge in [-0.2, -0.15) is 0 Å². The Kier molecular flexibility index (Phi) is 7.91. The van der Waals surface area contributed by atoms with Crippen LogP contribution in [0.3, 0.4) is 0 Å². The Morgan fingerprint density at radius 3 is 2.59 bits per heavy atom. The number of halogens is 1. The summed E-state index contributed by atoms with van der Waals surface area (Å²) in [5.74, 6) is 0.453. The van der Waals surface area contributed by atoms with Crippen LogP contribution in [-0.2, 0) is 25.9 Å². The molecule has 4 N–H and O–H groups in total. The molecule has 0 aromatic heterocycles. The second-order valence-electron chi connectivity index (χ2n) is 7.94. The zero-order chi connectivity index (χ0) is 19.3. The van der Waals surface area contributed by atoms with Gasteiger partial charge in [-0.05, 0) is 66.5 Å². The van der Waals surface area contributed by atoms with Crippen molar-refractivity contribution in [3.8, 4) is 0 Å². The molecule has 0 unspecified atom stereocenters. The Balaban J connectivity index is 0.00000240. The van der Waals surface area contributed by atoms with Gasteiger partial charge in [-0.3, -0.25) is 4.90 Å². The zero-order valence-electron chi connectivity index (χ0n) is 16.8. The van der Waals surface area contributed by atoms with Crippen LogP contribution in [0.5, 0.6) is 0 Å². The number of aryl methyl sites for hydroxylation is 2. The van der Waals surface area contributed by atoms with Crippen molar-refractivity contribution in [2.45, 2.75) is 51.3 Å². The first-order chi connectivity index (χ1) is 13.7. The number of nitrogens with one attached hydrogen (secondary N) is 1. The van der Waals surface area contributed by atoms with E-state index in [2.05, 4.69) is 57.7 Å². The third-order valence-electron chi connectivity index (χ3n) is 5.86. The van der Waals surface area contributed by atoms with Crippen molar-refractivity contribution in [1.82, 2.24) is 4.90 Å². The van der Waals surface area contributed by atoms with E-state index in [1.807, 2.05) is 0 Å². The minimum absolute atomic E-state index is 0. The van der Waals surface area contributed by atoms with Gasteiger partial charge >= 0.3 is 0 Å². The summed E-state index contributed by atoms with van der Waals surface area (Å²) in [6, 6.07) is 14.9. The van der Waals surface area contributed by atoms with E-state index in [1.54, 1.807) is 0 Å². The lowest BCUT2D eigenvalue weighted by Gasteiger charge is -2.30. The summed E-state index contributed by atoms with van der Waals surface area (Å²) in [4.78, 5) is 6.98. The maximum atomic E-state index is 9.70. The van der Waals surface area contributed by atoms with E-state index in [0.717, 1.165) is 44.6 Å². The monoisotopic (exact) mass is 506 g/mol. The van der Waals surface area contributed by atoms with Gasteiger partial charge in [0.2, 0.25) is 0 Å². The number of likely N-dealkylation sites (tertiary alicyclic amines) is 1. The number of aliphatic imine (C=N–C) groups is 1. The Bertz CT molecular complexity index is 847. The lowest BCUT2D eigenvalue weighted by molar-refractivity contribution is 0.0791. The van der Waals surface area contributed by atoms with Gasteiger partial charge in [0.05, 0.1) is 12.6 Å². The largest absolute Gasteiger partial charge is 0.393 e. The number of guanidine groups is 1. The van der Waals surface area contributed by atoms with Crippen LogP contribution in [0.1, 0.15) is 41.5 Å². The Morgan fingerprint density at radius 1 is 1.07 bits per heavy atom. The molecule has 156 valence electrons. The van der Waals surface area contributed by atoms with Crippen molar-refractivity contribution in [2.24, 2.45) is 10.7 Å². The number of hydrogen-bond acceptors (Lipinski definition) is 3. The molecule has 29 heavy (non-hydrogen) atoms. The molecule has 0 radical (unpaired) electrons. The summed E-state index contributed by atoms with van der Waals surface area (Å²) in [5.41, 5.74) is 12.5. The normalized spacial score (nSPS) is 17.6. The minimum atomic E-state index is -0.138. The molecule has 4 rings (SSSR count). The average Bonchev–Trinajstić information content (AvgIpc) is 3.17. The predicted molar refractivity (Wildman–Crippen MR) is 130 cm³/mol. The smallest absolute Gasteiger partial charge is 0.193 e. The van der Waals surface area contributed by atoms with Crippen LogP contribution < -0.4 is 11.1 Å². The van der Waals surface area contributed by atoms with E-state index >= 15 is 0 Å². The third-order valence-corrected chi connectivity index (χ3v) is 5.86. The van der Waals surface area contributed by atoms with Crippen LogP contribution in [0.2, 0.25) is 0 Å². The lowest BCUT2D eigenvalue weighted by atomic mass is 10.0. The highest BCUT2D eigenvalue weighted by molar-refractivity contribution is 14.0. The molecule has 1 heterocycles. The van der Waals surface area contributed by atoms with E-state index in [0.29, 0.717) is 12.5 Å². The summed E-state index contributed by atoms with van der Waals surface area (Å²) in [7, 11) is 0. The molecular formula is C23H31IN4O. The van der Waals surface area contributed by atoms with Crippen molar-refractivity contribution in [3.63, 3.8) is 0 Å². The number of piperidine rings is 1. The predicted octanol–water partition coefficient (Wildman–Crippen LogP) is 3.68. The highest BCUT2D eigenvalue weighted by Crippen LogP contribution is 2.25. The van der Waals surface area contributed by atoms with Crippen LogP contribution in [0.15, 0.2) is 47.5 Å². The van der Waals surface area contributed by atoms with Gasteiger partial charge in [-0.25, -0.2) is 4.99 Å². The van der Waals surface area contributed by atoms with Gasteiger partial charge in [0.1, 0.15) is 0 Å². The SMILES string of the molecule is I.NC(=NCc1ccccc1CN1CCC(O)CC1)Nc1ccc2c(c1)CCC2. The molecular weight excluding hydrogens is 475 g/mol. The van der Waals surface area contributed by atoms with Crippen LogP contribution >= 0.6 is 24.0 Å². The third kappa shape index (κ3) is 5.93. The number of anilines is 1. The number of nitrogens with zero attached hydrogens (tertiary/aromatic N) is 2. The van der Waals surface area contributed by atoms with Crippen molar-refractivity contribution in [2.75, 3.05) is 18.4 Å². The summed E-state index contributed by atoms with van der Waals surface area (Å²) >= 11 is 0. The fraction of sp³-hybridized carbons (Fsp3) is 0.435. The molecule has 0 spiro atoms. The number of hydrogen-bond donors (Lipinski definition) is 3. The molecule has 1 saturated heterocycles. The highest BCUT2D eigenvalue weighted by atomic mass is 127. The Morgan fingerprint density at radius 2 is 1.79 bits per heavy atom. The van der Waals surface area contributed by atoms with E-state index in [-0.39, 0.29) is 30.1 Å². The summed E-state index contributed by atoms with van der Waals surface area (Å²) < 4.78 is 0. The first kappa shape index (κ1) is 22.1. The van der Waals surface area contributed by atoms with Crippen molar-refractivity contribution >= 4 is 35.6 Å². The lowest BCUT2D eigenvalue weighted by Crippen LogP contribution is -2.35. The number of fused-ring (bicyclic) bond motifs is 1. The van der Waals surface area contributed by atoms with Crippen LogP contribution in [-0.4, -0.2) is 35.2 Å². The van der Waals surface area contributed by atoms with Crippen LogP contribution in [0, 0.1) is 0 Å². The van der Waals surface area contributed by atoms with Crippen molar-refractivity contribution in [1.29, 1.82) is 0 Å². The van der Waals surface area contributed by atoms with Crippen molar-refractivity contribution < 1.29 is 5.11 Å². The topological polar surface area (TPSA) is 73.9 Å². The molecule has 1 aliphatic carbocycles. The molecule has 0 saturated carbocycles. The average molecular weight is 506 g/mol. The van der Waals surface area contributed by atoms with E-state index in [1.165, 1.54) is 35.1 Å². The molecule has 2 aliphatic rings. The Hall–Kier alpha value is -1.64. The maximum absolute atomic E-state index is 9.70. The highest BCUT2D eigenvalue weighted by Gasteiger charge is 2.17. The first-order valence-corrected chi connectivity index (χ1v) is 10.3. The first-order valence-electron chi connectivity index (χ1n) is 10.3. The summed E-state index contributed by atoms with van der Waals surface area (Å²) in [6.45, 7) is 3.36. The van der Waals surface area contributed by atoms with Gasteiger partial charge in [0.15, 0.2) is 5.96 Å². The fourth-order valence-corrected chi connectivity index (χ4v) is 4.19. The number of aliphatic hydroxyl groups excluding tert-OH is 1. The van der Waals surface area contributed by atoms with E-state index in [9.17, 15) is 5.11 Å². The molecule has 2 aromatic carbocycles. The molecule has 0 amide bonds. The molecule has 6 heteroatoms. The summed E-state index contributed by atoms with van der Waals surface area (Å²) in [6.07, 6.45) is 5.17. The van der Waals surface area contributed by atoms with Gasteiger partial charge in [0, 0.05) is 25.3 Å². The van der Waals surface area contributed by atoms with Gasteiger partial charge in [-0.15, -0.1) is 24.0 Å². The molecule has 0 bridgehead atoms. The van der Waals surface area contributed by atoms with Crippen LogP contribution in [0.4, 0.5) is 5.69 Å². The molecule has 1 fully saturated rings. The van der Waals surface area contributed by atoms with E-state index < -0.39 is 0 Å². The van der Waals surface area contributed by atoms with Crippen LogP contribution in [0.25, 0.3) is 0 Å². The molecule has 5 nitrogen and oxygen atoms in total. The quantitative estimate of drug-likeness (QED) is 0.329. The van der Waals surface area contributed by atoms with Gasteiger partial charge in [0.25, 0.3) is 0 Å². The molecule has 2 aromatic rings. The molecule has 1 aliphatic heterocycles. The second kappa shape index (κ2) is 10.4. The minimum Gasteiger partial charge on any atom is -0.393 e. The number of nitrogens with two attached hydrogens (primary N) is 1. The second-order valence-corrected chi connectivity index (χ2v) is 7.94. The maximum Gasteiger partial charge on any atom is 0.193 e. The fourth-order valence-electron chi connectivity index (χ4n) is 4.19. The van der Waals surface area contributed by atoms with Gasteiger partial charge in [-0.1, -0.05) is 30.3 Å². The standard InChI is InChI=1S/C23H30N4O.HI/c24-23(26-21-9-8-17-6-3-7-18(17)14-21)25-15-19-4-1-2-5-20(19)16-27-12-10-22(28)11-13-27;/h1-2,4-5,8-9,14,22,28H,3,6-7,10-13,15-16H2,(H3,24,25,26);1H. The van der Waals surface area contributed by atoms with Crippen molar-refractivity contribution in [3.05, 3.63) is 64.7 Å². The number of rotatable bonds is 5. The zero-order valence-corrected chi connectivity index (χ0v) is 19.1.